The highest BCUT2D eigenvalue weighted by molar-refractivity contribution is 5.98. The Morgan fingerprint density at radius 3 is 2.67 bits per heavy atom. The van der Waals surface area contributed by atoms with Gasteiger partial charge >= 0.3 is 6.03 Å². The zero-order chi connectivity index (χ0) is 14.7. The number of benzene rings is 1. The molecule has 0 atom stereocenters. The Morgan fingerprint density at radius 2 is 1.90 bits per heavy atom. The molecule has 0 radical (unpaired) electrons. The molecular formula is C15H20N4O2. The van der Waals surface area contributed by atoms with Crippen LogP contribution in [0.25, 0.3) is 0 Å². The van der Waals surface area contributed by atoms with Crippen molar-refractivity contribution in [1.29, 1.82) is 0 Å². The van der Waals surface area contributed by atoms with Gasteiger partial charge in [0.25, 0.3) is 5.91 Å². The smallest absolute Gasteiger partial charge is 0.321 e. The van der Waals surface area contributed by atoms with Crippen LogP contribution >= 0.6 is 0 Å². The summed E-state index contributed by atoms with van der Waals surface area (Å²) in [4.78, 5) is 27.9. The fourth-order valence-corrected chi connectivity index (χ4v) is 2.73. The third-order valence-corrected chi connectivity index (χ3v) is 3.89. The lowest BCUT2D eigenvalue weighted by molar-refractivity contribution is 0.0736. The molecule has 1 aromatic carbocycles. The SMILES string of the molecule is O=C(c1cccc(N2CCCNC2=O)c1)N1CCNCC1. The molecule has 3 rings (SSSR count). The normalized spacial score (nSPS) is 19.3. The van der Waals surface area contributed by atoms with E-state index >= 15 is 0 Å². The molecule has 6 heteroatoms. The van der Waals surface area contributed by atoms with Crippen molar-refractivity contribution in [1.82, 2.24) is 15.5 Å². The molecule has 0 bridgehead atoms. The zero-order valence-electron chi connectivity index (χ0n) is 12.0. The Balaban J connectivity index is 1.79. The van der Waals surface area contributed by atoms with Gasteiger partial charge in [-0.15, -0.1) is 0 Å². The van der Waals surface area contributed by atoms with Crippen molar-refractivity contribution < 1.29 is 9.59 Å². The van der Waals surface area contributed by atoms with Crippen molar-refractivity contribution in [2.45, 2.75) is 6.42 Å². The second-order valence-electron chi connectivity index (χ2n) is 5.33. The van der Waals surface area contributed by atoms with Crippen molar-refractivity contribution in [3.63, 3.8) is 0 Å². The largest absolute Gasteiger partial charge is 0.338 e. The van der Waals surface area contributed by atoms with E-state index in [0.29, 0.717) is 18.7 Å². The number of anilines is 1. The number of rotatable bonds is 2. The Kier molecular flexibility index (Phi) is 4.06. The Morgan fingerprint density at radius 1 is 1.10 bits per heavy atom. The molecule has 3 amide bonds. The first-order chi connectivity index (χ1) is 10.3. The Labute approximate surface area is 124 Å². The van der Waals surface area contributed by atoms with Crippen LogP contribution in [0.5, 0.6) is 0 Å². The van der Waals surface area contributed by atoms with Crippen molar-refractivity contribution in [2.24, 2.45) is 0 Å². The van der Waals surface area contributed by atoms with Crippen LogP contribution in [0, 0.1) is 0 Å². The summed E-state index contributed by atoms with van der Waals surface area (Å²) in [6.07, 6.45) is 0.918. The molecule has 2 saturated heterocycles. The summed E-state index contributed by atoms with van der Waals surface area (Å²) in [7, 11) is 0. The number of urea groups is 1. The number of carbonyl (C=O) groups is 2. The van der Waals surface area contributed by atoms with Crippen molar-refractivity contribution in [3.05, 3.63) is 29.8 Å². The minimum absolute atomic E-state index is 0.0377. The van der Waals surface area contributed by atoms with Gasteiger partial charge in [-0.25, -0.2) is 4.79 Å². The first kappa shape index (κ1) is 13.9. The number of amides is 3. The third-order valence-electron chi connectivity index (χ3n) is 3.89. The highest BCUT2D eigenvalue weighted by Gasteiger charge is 2.22. The second-order valence-corrected chi connectivity index (χ2v) is 5.33. The highest BCUT2D eigenvalue weighted by Crippen LogP contribution is 2.19. The first-order valence-electron chi connectivity index (χ1n) is 7.41. The number of hydrogen-bond acceptors (Lipinski definition) is 3. The van der Waals surface area contributed by atoms with Gasteiger partial charge in [-0.05, 0) is 24.6 Å². The van der Waals surface area contributed by atoms with Crippen LogP contribution in [0.4, 0.5) is 10.5 Å². The predicted octanol–water partition coefficient (Wildman–Crippen LogP) is 0.652. The van der Waals surface area contributed by atoms with Crippen molar-refractivity contribution in [2.75, 3.05) is 44.2 Å². The summed E-state index contributed by atoms with van der Waals surface area (Å²) in [5, 5.41) is 6.06. The summed E-state index contributed by atoms with van der Waals surface area (Å²) >= 11 is 0. The lowest BCUT2D eigenvalue weighted by Gasteiger charge is -2.29. The first-order valence-corrected chi connectivity index (χ1v) is 7.41. The summed E-state index contributed by atoms with van der Waals surface area (Å²) in [6, 6.07) is 7.25. The van der Waals surface area contributed by atoms with E-state index in [-0.39, 0.29) is 11.9 Å². The standard InChI is InChI=1S/C15H20N4O2/c20-14(18-9-6-16-7-10-18)12-3-1-4-13(11-12)19-8-2-5-17-15(19)21/h1,3-4,11,16H,2,5-10H2,(H,17,21). The Hall–Kier alpha value is -2.08. The van der Waals surface area contributed by atoms with Gasteiger partial charge in [0.15, 0.2) is 0 Å². The highest BCUT2D eigenvalue weighted by atomic mass is 16.2. The molecule has 6 nitrogen and oxygen atoms in total. The van der Waals surface area contributed by atoms with E-state index in [1.165, 1.54) is 0 Å². The second kappa shape index (κ2) is 6.13. The summed E-state index contributed by atoms with van der Waals surface area (Å²) < 4.78 is 0. The van der Waals surface area contributed by atoms with Crippen LogP contribution in [0.2, 0.25) is 0 Å². The minimum Gasteiger partial charge on any atom is -0.338 e. The number of hydrogen-bond donors (Lipinski definition) is 2. The molecule has 21 heavy (non-hydrogen) atoms. The van der Waals surface area contributed by atoms with E-state index in [1.807, 2.05) is 29.2 Å². The van der Waals surface area contributed by atoms with Gasteiger partial charge in [-0.2, -0.15) is 0 Å². The van der Waals surface area contributed by atoms with Gasteiger partial charge in [0, 0.05) is 50.5 Å². The predicted molar refractivity (Wildman–Crippen MR) is 80.6 cm³/mol. The van der Waals surface area contributed by atoms with Crippen LogP contribution in [-0.2, 0) is 0 Å². The van der Waals surface area contributed by atoms with Crippen LogP contribution in [0.1, 0.15) is 16.8 Å². The van der Waals surface area contributed by atoms with Gasteiger partial charge in [0.05, 0.1) is 0 Å². The van der Waals surface area contributed by atoms with E-state index in [0.717, 1.165) is 38.3 Å². The molecule has 2 fully saturated rings. The zero-order valence-corrected chi connectivity index (χ0v) is 12.0. The average molecular weight is 288 g/mol. The van der Waals surface area contributed by atoms with E-state index in [1.54, 1.807) is 4.90 Å². The number of carbonyl (C=O) groups excluding carboxylic acids is 2. The molecule has 2 heterocycles. The molecule has 0 aliphatic carbocycles. The topological polar surface area (TPSA) is 64.7 Å². The fourth-order valence-electron chi connectivity index (χ4n) is 2.73. The van der Waals surface area contributed by atoms with Gasteiger partial charge in [-0.3, -0.25) is 9.69 Å². The molecule has 1 aromatic rings. The molecule has 0 spiro atoms. The van der Waals surface area contributed by atoms with Crippen LogP contribution in [0.15, 0.2) is 24.3 Å². The maximum absolute atomic E-state index is 12.5. The van der Waals surface area contributed by atoms with Crippen LogP contribution < -0.4 is 15.5 Å². The molecule has 112 valence electrons. The number of piperazine rings is 1. The summed E-state index contributed by atoms with van der Waals surface area (Å²) in [5.41, 5.74) is 1.43. The number of nitrogens with zero attached hydrogens (tertiary/aromatic N) is 2. The van der Waals surface area contributed by atoms with E-state index in [9.17, 15) is 9.59 Å². The maximum Gasteiger partial charge on any atom is 0.321 e. The van der Waals surface area contributed by atoms with E-state index in [2.05, 4.69) is 10.6 Å². The summed E-state index contributed by atoms with van der Waals surface area (Å²) in [5.74, 6) is 0.0377. The minimum atomic E-state index is -0.0898. The Bertz CT molecular complexity index is 540. The molecule has 2 N–H and O–H groups in total. The van der Waals surface area contributed by atoms with Crippen LogP contribution in [0.3, 0.4) is 0 Å². The van der Waals surface area contributed by atoms with E-state index < -0.39 is 0 Å². The lowest BCUT2D eigenvalue weighted by Crippen LogP contribution is -2.47. The molecule has 0 unspecified atom stereocenters. The maximum atomic E-state index is 12.5. The van der Waals surface area contributed by atoms with E-state index in [4.69, 9.17) is 0 Å². The van der Waals surface area contributed by atoms with Crippen molar-refractivity contribution in [3.8, 4) is 0 Å². The molecule has 2 aliphatic heterocycles. The monoisotopic (exact) mass is 288 g/mol. The van der Waals surface area contributed by atoms with Crippen LogP contribution in [-0.4, -0.2) is 56.1 Å². The lowest BCUT2D eigenvalue weighted by atomic mass is 10.1. The fraction of sp³-hybridized carbons (Fsp3) is 0.467. The van der Waals surface area contributed by atoms with Gasteiger partial charge in [-0.1, -0.05) is 6.07 Å². The molecule has 0 saturated carbocycles. The van der Waals surface area contributed by atoms with Gasteiger partial charge in [0.1, 0.15) is 0 Å². The molecule has 2 aliphatic rings. The van der Waals surface area contributed by atoms with Crippen molar-refractivity contribution >= 4 is 17.6 Å². The van der Waals surface area contributed by atoms with Gasteiger partial charge < -0.3 is 15.5 Å². The molecular weight excluding hydrogens is 268 g/mol. The average Bonchev–Trinajstić information content (AvgIpc) is 2.55. The number of nitrogens with one attached hydrogen (secondary N) is 2. The summed E-state index contributed by atoms with van der Waals surface area (Å²) in [6.45, 7) is 4.53. The third kappa shape index (κ3) is 3.00. The van der Waals surface area contributed by atoms with Gasteiger partial charge in [0.2, 0.25) is 0 Å². The molecule has 0 aromatic heterocycles. The quantitative estimate of drug-likeness (QED) is 0.840.